The number of furan rings is 1. The fourth-order valence-corrected chi connectivity index (χ4v) is 3.42. The molecule has 1 aromatic heterocycles. The Morgan fingerprint density at radius 3 is 2.55 bits per heavy atom. The summed E-state index contributed by atoms with van der Waals surface area (Å²) in [4.78, 5) is 29.4. The number of carbonyl (C=O) groups excluding carboxylic acids is 2. The zero-order valence-electron chi connectivity index (χ0n) is 16.8. The number of aliphatic hydroxyl groups excluding tert-OH is 1. The van der Waals surface area contributed by atoms with Crippen LogP contribution in [-0.4, -0.2) is 68.0 Å². The van der Waals surface area contributed by atoms with Crippen molar-refractivity contribution in [1.82, 2.24) is 9.80 Å². The zero-order chi connectivity index (χ0) is 21.1. The second-order valence-corrected chi connectivity index (χ2v) is 6.86. The molecule has 0 saturated carbocycles. The predicted octanol–water partition coefficient (Wildman–Crippen LogP) is 2.44. The van der Waals surface area contributed by atoms with E-state index in [1.807, 2.05) is 19.0 Å². The van der Waals surface area contributed by atoms with Crippen molar-refractivity contribution in [3.05, 3.63) is 59.3 Å². The molecule has 0 saturated heterocycles. The van der Waals surface area contributed by atoms with E-state index < -0.39 is 23.5 Å². The number of ether oxygens (including phenoxy) is 2. The lowest BCUT2D eigenvalue weighted by Crippen LogP contribution is -2.36. The van der Waals surface area contributed by atoms with E-state index in [1.165, 1.54) is 31.4 Å². The van der Waals surface area contributed by atoms with E-state index in [1.54, 1.807) is 24.3 Å². The first-order valence-electron chi connectivity index (χ1n) is 9.08. The molecule has 2 heterocycles. The van der Waals surface area contributed by atoms with Crippen molar-refractivity contribution in [3.63, 3.8) is 0 Å². The van der Waals surface area contributed by atoms with E-state index in [-0.39, 0.29) is 11.3 Å². The third-order valence-corrected chi connectivity index (χ3v) is 4.81. The second-order valence-electron chi connectivity index (χ2n) is 6.86. The van der Waals surface area contributed by atoms with Crippen LogP contribution in [0.1, 0.15) is 22.2 Å². The number of ketones is 1. The van der Waals surface area contributed by atoms with Crippen LogP contribution in [0.25, 0.3) is 0 Å². The fraction of sp³-hybridized carbons (Fsp3) is 0.333. The topological polar surface area (TPSA) is 92.5 Å². The normalized spacial score (nSPS) is 16.7. The van der Waals surface area contributed by atoms with Gasteiger partial charge in [-0.15, -0.1) is 0 Å². The highest BCUT2D eigenvalue weighted by Gasteiger charge is 2.45. The van der Waals surface area contributed by atoms with E-state index in [9.17, 15) is 14.7 Å². The molecule has 154 valence electrons. The summed E-state index contributed by atoms with van der Waals surface area (Å²) in [7, 11) is 6.75. The molecule has 3 rings (SSSR count). The van der Waals surface area contributed by atoms with E-state index in [0.717, 1.165) is 0 Å². The Morgan fingerprint density at radius 1 is 1.21 bits per heavy atom. The number of Topliss-reactive ketones (excluding diaryl/α,β-unsaturated/α-hetero) is 1. The average molecular weight is 400 g/mol. The Labute approximate surface area is 168 Å². The SMILES string of the molecule is COc1cccc([C@H]2C(C(=O)c3ccco3)=C(O)C(=O)N2CCN(C)C)c1OC. The molecule has 0 spiro atoms. The Hall–Kier alpha value is -3.26. The molecule has 0 bridgehead atoms. The molecule has 0 radical (unpaired) electrons. The molecule has 8 nitrogen and oxygen atoms in total. The van der Waals surface area contributed by atoms with Crippen LogP contribution in [0.15, 0.2) is 52.3 Å². The van der Waals surface area contributed by atoms with Crippen molar-refractivity contribution >= 4 is 11.7 Å². The summed E-state index contributed by atoms with van der Waals surface area (Å²) in [5, 5.41) is 10.6. The van der Waals surface area contributed by atoms with Crippen LogP contribution in [0.3, 0.4) is 0 Å². The molecule has 1 amide bonds. The lowest BCUT2D eigenvalue weighted by atomic mass is 9.94. The lowest BCUT2D eigenvalue weighted by Gasteiger charge is -2.29. The first kappa shape index (κ1) is 20.5. The van der Waals surface area contributed by atoms with Crippen molar-refractivity contribution in [2.24, 2.45) is 0 Å². The number of aliphatic hydroxyl groups is 1. The van der Waals surface area contributed by atoms with Crippen molar-refractivity contribution < 1.29 is 28.6 Å². The van der Waals surface area contributed by atoms with Gasteiger partial charge in [0.05, 0.1) is 32.1 Å². The highest BCUT2D eigenvalue weighted by molar-refractivity contribution is 6.15. The number of likely N-dealkylation sites (N-methyl/N-ethyl adjacent to an activating group) is 1. The highest BCUT2D eigenvalue weighted by Crippen LogP contribution is 2.45. The highest BCUT2D eigenvalue weighted by atomic mass is 16.5. The summed E-state index contributed by atoms with van der Waals surface area (Å²) < 4.78 is 16.1. The number of methoxy groups -OCH3 is 2. The maximum atomic E-state index is 13.1. The average Bonchev–Trinajstić information content (AvgIpc) is 3.33. The zero-order valence-corrected chi connectivity index (χ0v) is 16.8. The lowest BCUT2D eigenvalue weighted by molar-refractivity contribution is -0.129. The molecule has 29 heavy (non-hydrogen) atoms. The number of amides is 1. The van der Waals surface area contributed by atoms with E-state index in [4.69, 9.17) is 13.9 Å². The number of carbonyl (C=O) groups is 2. The minimum absolute atomic E-state index is 0.0423. The molecule has 8 heteroatoms. The van der Waals surface area contributed by atoms with Crippen molar-refractivity contribution in [2.45, 2.75) is 6.04 Å². The Kier molecular flexibility index (Phi) is 5.93. The van der Waals surface area contributed by atoms with Crippen LogP contribution in [0, 0.1) is 0 Å². The molecule has 1 aliphatic rings. The summed E-state index contributed by atoms with van der Waals surface area (Å²) in [6.07, 6.45) is 1.37. The van der Waals surface area contributed by atoms with Crippen LogP contribution in [-0.2, 0) is 4.79 Å². The molecule has 0 fully saturated rings. The van der Waals surface area contributed by atoms with Crippen LogP contribution < -0.4 is 9.47 Å². The minimum atomic E-state index is -0.843. The molecule has 1 N–H and O–H groups in total. The molecular weight excluding hydrogens is 376 g/mol. The smallest absolute Gasteiger partial charge is 0.290 e. The van der Waals surface area contributed by atoms with Crippen LogP contribution in [0.2, 0.25) is 0 Å². The Balaban J connectivity index is 2.16. The maximum Gasteiger partial charge on any atom is 0.290 e. The maximum absolute atomic E-state index is 13.1. The predicted molar refractivity (Wildman–Crippen MR) is 105 cm³/mol. The first-order chi connectivity index (χ1) is 13.9. The number of hydrogen-bond donors (Lipinski definition) is 1. The summed E-state index contributed by atoms with van der Waals surface area (Å²) in [6, 6.07) is 7.44. The van der Waals surface area contributed by atoms with Crippen LogP contribution >= 0.6 is 0 Å². The number of rotatable bonds is 8. The fourth-order valence-electron chi connectivity index (χ4n) is 3.42. The van der Waals surface area contributed by atoms with E-state index >= 15 is 0 Å². The van der Waals surface area contributed by atoms with Gasteiger partial charge in [-0.05, 0) is 32.3 Å². The van der Waals surface area contributed by atoms with Gasteiger partial charge in [0.25, 0.3) is 5.91 Å². The van der Waals surface area contributed by atoms with Gasteiger partial charge < -0.3 is 28.8 Å². The standard InChI is InChI=1S/C21H24N2O6/c1-22(2)10-11-23-17(13-7-5-8-15(27-3)20(13)28-4)16(19(25)21(23)26)18(24)14-9-6-12-29-14/h5-9,12,17,25H,10-11H2,1-4H3/t17-/m0/s1. The molecule has 1 atom stereocenters. The molecule has 1 aromatic carbocycles. The Morgan fingerprint density at radius 2 is 1.97 bits per heavy atom. The quantitative estimate of drug-likeness (QED) is 0.681. The summed E-state index contributed by atoms with van der Waals surface area (Å²) in [5.74, 6) is -0.858. The largest absolute Gasteiger partial charge is 0.503 e. The third-order valence-electron chi connectivity index (χ3n) is 4.81. The molecule has 0 unspecified atom stereocenters. The van der Waals surface area contributed by atoms with Crippen LogP contribution in [0.5, 0.6) is 11.5 Å². The number of para-hydroxylation sites is 1. The van der Waals surface area contributed by atoms with Gasteiger partial charge in [-0.2, -0.15) is 0 Å². The van der Waals surface area contributed by atoms with E-state index in [2.05, 4.69) is 0 Å². The van der Waals surface area contributed by atoms with Gasteiger partial charge >= 0.3 is 0 Å². The van der Waals surface area contributed by atoms with Gasteiger partial charge in [0.15, 0.2) is 23.0 Å². The van der Waals surface area contributed by atoms with Crippen molar-refractivity contribution in [1.29, 1.82) is 0 Å². The summed E-state index contributed by atoms with van der Waals surface area (Å²) in [5.41, 5.74) is 0.494. The summed E-state index contributed by atoms with van der Waals surface area (Å²) >= 11 is 0. The second kappa shape index (κ2) is 8.40. The number of hydrogen-bond acceptors (Lipinski definition) is 7. The Bertz CT molecular complexity index is 933. The molecule has 1 aliphatic heterocycles. The monoisotopic (exact) mass is 400 g/mol. The van der Waals surface area contributed by atoms with Gasteiger partial charge in [-0.25, -0.2) is 0 Å². The minimum Gasteiger partial charge on any atom is -0.503 e. The van der Waals surface area contributed by atoms with Gasteiger partial charge in [0.2, 0.25) is 5.78 Å². The molecule has 0 aliphatic carbocycles. The van der Waals surface area contributed by atoms with Crippen LogP contribution in [0.4, 0.5) is 0 Å². The summed E-state index contributed by atoms with van der Waals surface area (Å²) in [6.45, 7) is 0.847. The van der Waals surface area contributed by atoms with E-state index in [0.29, 0.717) is 30.2 Å². The molecule has 2 aromatic rings. The van der Waals surface area contributed by atoms with Gasteiger partial charge in [0, 0.05) is 18.7 Å². The van der Waals surface area contributed by atoms with Crippen molar-refractivity contribution in [2.75, 3.05) is 41.4 Å². The van der Waals surface area contributed by atoms with Gasteiger partial charge in [-0.3, -0.25) is 9.59 Å². The van der Waals surface area contributed by atoms with Gasteiger partial charge in [-0.1, -0.05) is 12.1 Å². The molecular formula is C21H24N2O6. The third kappa shape index (κ3) is 3.71. The van der Waals surface area contributed by atoms with Crippen molar-refractivity contribution in [3.8, 4) is 11.5 Å². The number of benzene rings is 1. The first-order valence-corrected chi connectivity index (χ1v) is 9.08. The van der Waals surface area contributed by atoms with Gasteiger partial charge in [0.1, 0.15) is 0 Å². The number of nitrogens with zero attached hydrogens (tertiary/aromatic N) is 2.